The van der Waals surface area contributed by atoms with E-state index in [9.17, 15) is 13.2 Å². The van der Waals surface area contributed by atoms with Gasteiger partial charge in [0, 0.05) is 16.6 Å². The van der Waals surface area contributed by atoms with Crippen LogP contribution in [0.1, 0.15) is 30.7 Å². The van der Waals surface area contributed by atoms with E-state index in [2.05, 4.69) is 4.98 Å². The molecule has 0 spiro atoms. The van der Waals surface area contributed by atoms with Gasteiger partial charge in [-0.05, 0) is 13.8 Å². The second-order valence-corrected chi connectivity index (χ2v) is 5.61. The predicted octanol–water partition coefficient (Wildman–Crippen LogP) is 5.56. The molecule has 20 heavy (non-hydrogen) atoms. The van der Waals surface area contributed by atoms with Crippen LogP contribution in [0.4, 0.5) is 13.2 Å². The molecule has 0 saturated heterocycles. The first-order valence-corrected chi connectivity index (χ1v) is 7.22. The van der Waals surface area contributed by atoms with E-state index in [0.29, 0.717) is 5.57 Å². The Labute approximate surface area is 121 Å². The van der Waals surface area contributed by atoms with Crippen molar-refractivity contribution in [2.45, 2.75) is 33.9 Å². The van der Waals surface area contributed by atoms with Gasteiger partial charge in [-0.1, -0.05) is 44.2 Å². The van der Waals surface area contributed by atoms with Gasteiger partial charge < -0.3 is 0 Å². The van der Waals surface area contributed by atoms with Gasteiger partial charge in [-0.15, -0.1) is 11.3 Å². The van der Waals surface area contributed by atoms with Gasteiger partial charge in [-0.2, -0.15) is 13.2 Å². The number of halogens is 3. The van der Waals surface area contributed by atoms with Crippen LogP contribution in [0.2, 0.25) is 0 Å². The van der Waals surface area contributed by atoms with Crippen LogP contribution in [0.3, 0.4) is 0 Å². The molecule has 0 aliphatic heterocycles. The molecule has 1 heterocycles. The standard InChI is InChI=1S/C13H12F3NS.C2H6/c1-9-8-17-11(18-9)10-4-3-6-12(2,7-5-10)13(14,15)16;1-2/h3-8H,1-2H3;1-2H3. The minimum Gasteiger partial charge on any atom is -0.244 e. The number of thiazole rings is 1. The second kappa shape index (κ2) is 6.39. The molecule has 0 saturated carbocycles. The van der Waals surface area contributed by atoms with Crippen LogP contribution >= 0.6 is 11.3 Å². The molecule has 0 amide bonds. The molecule has 0 fully saturated rings. The molecule has 1 unspecified atom stereocenters. The number of alkyl halides is 3. The van der Waals surface area contributed by atoms with E-state index in [1.54, 1.807) is 12.3 Å². The van der Waals surface area contributed by atoms with Gasteiger partial charge in [0.2, 0.25) is 0 Å². The monoisotopic (exact) mass is 301 g/mol. The minimum absolute atomic E-state index is 0.706. The van der Waals surface area contributed by atoms with Crippen LogP contribution in [0.25, 0.3) is 5.57 Å². The third kappa shape index (κ3) is 3.60. The average Bonchev–Trinajstić information content (AvgIpc) is 2.70. The van der Waals surface area contributed by atoms with Crippen molar-refractivity contribution in [1.82, 2.24) is 4.98 Å². The van der Waals surface area contributed by atoms with Crippen LogP contribution < -0.4 is 0 Å². The lowest BCUT2D eigenvalue weighted by Gasteiger charge is -2.24. The molecule has 1 aliphatic carbocycles. The Morgan fingerprint density at radius 1 is 1.20 bits per heavy atom. The lowest BCUT2D eigenvalue weighted by molar-refractivity contribution is -0.183. The smallest absolute Gasteiger partial charge is 0.244 e. The van der Waals surface area contributed by atoms with Crippen LogP contribution in [0.5, 0.6) is 0 Å². The molecule has 0 N–H and O–H groups in total. The van der Waals surface area contributed by atoms with Crippen LogP contribution in [0, 0.1) is 12.3 Å². The molecule has 0 radical (unpaired) electrons. The summed E-state index contributed by atoms with van der Waals surface area (Å²) in [5.41, 5.74) is -1.21. The number of hydrogen-bond donors (Lipinski definition) is 0. The summed E-state index contributed by atoms with van der Waals surface area (Å²) in [5, 5.41) is 0.736. The Morgan fingerprint density at radius 2 is 1.85 bits per heavy atom. The lowest BCUT2D eigenvalue weighted by Crippen LogP contribution is -2.30. The van der Waals surface area contributed by atoms with Gasteiger partial charge in [0.25, 0.3) is 0 Å². The van der Waals surface area contributed by atoms with E-state index in [1.165, 1.54) is 29.6 Å². The highest BCUT2D eigenvalue weighted by molar-refractivity contribution is 7.12. The Morgan fingerprint density at radius 3 is 2.35 bits per heavy atom. The van der Waals surface area contributed by atoms with Gasteiger partial charge in [0.15, 0.2) is 0 Å². The zero-order valence-corrected chi connectivity index (χ0v) is 12.8. The maximum absolute atomic E-state index is 12.9. The average molecular weight is 301 g/mol. The number of allylic oxidation sites excluding steroid dienone is 6. The normalized spacial score (nSPS) is 21.9. The van der Waals surface area contributed by atoms with Gasteiger partial charge >= 0.3 is 6.18 Å². The SMILES string of the molecule is CC.Cc1cnc(C2=CC=CC(C)(C(F)(F)F)C=C2)s1. The van der Waals surface area contributed by atoms with Crippen LogP contribution in [-0.2, 0) is 0 Å². The molecule has 2 rings (SSSR count). The second-order valence-electron chi connectivity index (χ2n) is 4.37. The Kier molecular flexibility index (Phi) is 5.34. The van der Waals surface area contributed by atoms with E-state index >= 15 is 0 Å². The fourth-order valence-electron chi connectivity index (χ4n) is 1.55. The first kappa shape index (κ1) is 16.7. The maximum atomic E-state index is 12.9. The van der Waals surface area contributed by atoms with E-state index in [1.807, 2.05) is 20.8 Å². The predicted molar refractivity (Wildman–Crippen MR) is 78.6 cm³/mol. The van der Waals surface area contributed by atoms with Gasteiger partial charge in [0.1, 0.15) is 5.01 Å². The van der Waals surface area contributed by atoms with Gasteiger partial charge in [-0.3, -0.25) is 0 Å². The summed E-state index contributed by atoms with van der Waals surface area (Å²) >= 11 is 1.47. The van der Waals surface area contributed by atoms with Crippen molar-refractivity contribution >= 4 is 16.9 Å². The summed E-state index contributed by atoms with van der Waals surface area (Å²) in [6, 6.07) is 0. The van der Waals surface area contributed by atoms with Crippen LogP contribution in [0.15, 0.2) is 36.6 Å². The van der Waals surface area contributed by atoms with E-state index in [-0.39, 0.29) is 0 Å². The van der Waals surface area contributed by atoms with E-state index in [0.717, 1.165) is 22.9 Å². The Hall–Kier alpha value is -1.36. The summed E-state index contributed by atoms with van der Waals surface area (Å²) in [6.07, 6.45) is 4.36. The Bertz CT molecular complexity index is 538. The molecule has 5 heteroatoms. The number of rotatable bonds is 1. The molecule has 0 bridgehead atoms. The van der Waals surface area contributed by atoms with Crippen molar-refractivity contribution in [1.29, 1.82) is 0 Å². The zero-order chi connectivity index (χ0) is 15.4. The number of aromatic nitrogens is 1. The van der Waals surface area contributed by atoms with Crippen molar-refractivity contribution < 1.29 is 13.2 Å². The van der Waals surface area contributed by atoms with E-state index in [4.69, 9.17) is 0 Å². The van der Waals surface area contributed by atoms with Crippen molar-refractivity contribution in [3.8, 4) is 0 Å². The summed E-state index contributed by atoms with van der Waals surface area (Å²) in [4.78, 5) is 5.21. The molecule has 1 aromatic rings. The maximum Gasteiger partial charge on any atom is 0.400 e. The molecular weight excluding hydrogens is 283 g/mol. The summed E-state index contributed by atoms with van der Waals surface area (Å²) in [7, 11) is 0. The fraction of sp³-hybridized carbons (Fsp3) is 0.400. The molecule has 1 nitrogen and oxygen atoms in total. The minimum atomic E-state index is -4.29. The molecule has 1 atom stereocenters. The Balaban J connectivity index is 0.000000956. The third-order valence-electron chi connectivity index (χ3n) is 2.81. The van der Waals surface area contributed by atoms with Gasteiger partial charge in [-0.25, -0.2) is 4.98 Å². The van der Waals surface area contributed by atoms with Crippen molar-refractivity contribution in [3.63, 3.8) is 0 Å². The first-order chi connectivity index (χ1) is 9.32. The molecule has 1 aromatic heterocycles. The van der Waals surface area contributed by atoms with E-state index < -0.39 is 11.6 Å². The largest absolute Gasteiger partial charge is 0.400 e. The van der Waals surface area contributed by atoms with Gasteiger partial charge in [0.05, 0.1) is 5.41 Å². The highest BCUT2D eigenvalue weighted by atomic mass is 32.1. The summed E-state index contributed by atoms with van der Waals surface area (Å²) in [6.45, 7) is 7.07. The molecular formula is C15H18F3NS. The van der Waals surface area contributed by atoms with Crippen molar-refractivity contribution in [2.24, 2.45) is 5.41 Å². The number of hydrogen-bond acceptors (Lipinski definition) is 2. The molecule has 1 aliphatic rings. The first-order valence-electron chi connectivity index (χ1n) is 6.40. The molecule has 110 valence electrons. The topological polar surface area (TPSA) is 12.9 Å². The van der Waals surface area contributed by atoms with Crippen molar-refractivity contribution in [2.75, 3.05) is 0 Å². The highest BCUT2D eigenvalue weighted by Crippen LogP contribution is 2.42. The fourth-order valence-corrected chi connectivity index (χ4v) is 2.32. The highest BCUT2D eigenvalue weighted by Gasteiger charge is 2.47. The number of nitrogens with zero attached hydrogens (tertiary/aromatic N) is 1. The summed E-state index contributed by atoms with van der Waals surface area (Å²) in [5.74, 6) is 0. The lowest BCUT2D eigenvalue weighted by atomic mass is 9.89. The summed E-state index contributed by atoms with van der Waals surface area (Å²) < 4.78 is 38.7. The number of aryl methyl sites for hydroxylation is 1. The van der Waals surface area contributed by atoms with Crippen LogP contribution in [-0.4, -0.2) is 11.2 Å². The van der Waals surface area contributed by atoms with Crippen molar-refractivity contribution in [3.05, 3.63) is 46.5 Å². The molecule has 0 aromatic carbocycles. The quantitative estimate of drug-likeness (QED) is 0.662. The third-order valence-corrected chi connectivity index (χ3v) is 3.77. The zero-order valence-electron chi connectivity index (χ0n) is 12.0.